The topological polar surface area (TPSA) is 15.6 Å². The van der Waals surface area contributed by atoms with E-state index < -0.39 is 0 Å². The van der Waals surface area contributed by atoms with E-state index in [0.717, 1.165) is 18.8 Å². The van der Waals surface area contributed by atoms with Crippen LogP contribution in [0.2, 0.25) is 0 Å². The Balaban J connectivity index is 4.10. The minimum absolute atomic E-state index is 0.820. The fourth-order valence-corrected chi connectivity index (χ4v) is 0.932. The van der Waals surface area contributed by atoms with Crippen LogP contribution in [0.4, 0.5) is 0 Å². The molecule has 0 bridgehead atoms. The molecule has 0 fully saturated rings. The van der Waals surface area contributed by atoms with Crippen molar-refractivity contribution in [3.8, 4) is 0 Å². The highest BCUT2D eigenvalue weighted by Gasteiger charge is 1.93. The molecule has 0 saturated heterocycles. The molecule has 0 unspecified atom stereocenters. The summed E-state index contributed by atoms with van der Waals surface area (Å²) in [6.07, 6.45) is 10.8. The average molecular weight is 192 g/mol. The van der Waals surface area contributed by atoms with E-state index in [9.17, 15) is 0 Å². The van der Waals surface area contributed by atoms with E-state index in [1.54, 1.807) is 6.08 Å². The van der Waals surface area contributed by atoms with Crippen LogP contribution in [0, 0.1) is 0 Å². The molecule has 0 N–H and O–H groups in total. The number of rotatable bonds is 5. The molecule has 78 valence electrons. The van der Waals surface area contributed by atoms with Gasteiger partial charge in [-0.25, -0.2) is 0 Å². The quantitative estimate of drug-likeness (QED) is 0.371. The van der Waals surface area contributed by atoms with Crippen LogP contribution in [0.15, 0.2) is 42.0 Å². The van der Waals surface area contributed by atoms with Crippen molar-refractivity contribution in [2.75, 3.05) is 20.6 Å². The average Bonchev–Trinajstić information content (AvgIpc) is 2.15. The second kappa shape index (κ2) is 8.30. The Bertz CT molecular complexity index is 235. The zero-order valence-electron chi connectivity index (χ0n) is 9.40. The van der Waals surface area contributed by atoms with E-state index in [-0.39, 0.29) is 0 Å². The van der Waals surface area contributed by atoms with Gasteiger partial charge in [0.25, 0.3) is 0 Å². The molecule has 0 aromatic rings. The minimum atomic E-state index is 0.820. The Morgan fingerprint density at radius 2 is 2.07 bits per heavy atom. The SMILES string of the molecule is C=C/C=C/C/C=C\C(=NCC)N(C)C. The Hall–Kier alpha value is -1.31. The van der Waals surface area contributed by atoms with Gasteiger partial charge in [0.15, 0.2) is 0 Å². The molecule has 0 aromatic heterocycles. The molecule has 0 saturated carbocycles. The van der Waals surface area contributed by atoms with Gasteiger partial charge in [0, 0.05) is 20.6 Å². The molecule has 0 amide bonds. The lowest BCUT2D eigenvalue weighted by molar-refractivity contribution is 0.622. The van der Waals surface area contributed by atoms with Gasteiger partial charge in [0.2, 0.25) is 0 Å². The monoisotopic (exact) mass is 192 g/mol. The summed E-state index contributed by atoms with van der Waals surface area (Å²) in [4.78, 5) is 6.36. The first kappa shape index (κ1) is 12.7. The van der Waals surface area contributed by atoms with Crippen molar-refractivity contribution in [2.45, 2.75) is 13.3 Å². The van der Waals surface area contributed by atoms with Crippen LogP contribution < -0.4 is 0 Å². The number of nitrogens with zero attached hydrogens (tertiary/aromatic N) is 2. The number of amidine groups is 1. The second-order valence-electron chi connectivity index (χ2n) is 3.03. The van der Waals surface area contributed by atoms with E-state index in [4.69, 9.17) is 0 Å². The van der Waals surface area contributed by atoms with Gasteiger partial charge in [0.05, 0.1) is 0 Å². The van der Waals surface area contributed by atoms with Gasteiger partial charge in [-0.05, 0) is 19.4 Å². The predicted octanol–water partition coefficient (Wildman–Crippen LogP) is 2.65. The Labute approximate surface area is 87.3 Å². The third-order valence-electron chi connectivity index (χ3n) is 1.59. The lowest BCUT2D eigenvalue weighted by atomic mass is 10.3. The largest absolute Gasteiger partial charge is 0.363 e. The van der Waals surface area contributed by atoms with Crippen molar-refractivity contribution in [1.29, 1.82) is 0 Å². The van der Waals surface area contributed by atoms with Gasteiger partial charge in [-0.2, -0.15) is 0 Å². The van der Waals surface area contributed by atoms with Crippen LogP contribution in [-0.2, 0) is 0 Å². The Kier molecular flexibility index (Phi) is 7.52. The molecule has 0 aromatic carbocycles. The molecule has 0 spiro atoms. The van der Waals surface area contributed by atoms with E-state index >= 15 is 0 Å². The van der Waals surface area contributed by atoms with Crippen LogP contribution in [0.1, 0.15) is 13.3 Å². The van der Waals surface area contributed by atoms with Crippen LogP contribution in [0.3, 0.4) is 0 Å². The normalized spacial score (nSPS) is 12.6. The summed E-state index contributed by atoms with van der Waals surface area (Å²) in [6, 6.07) is 0. The van der Waals surface area contributed by atoms with Crippen molar-refractivity contribution in [3.05, 3.63) is 37.0 Å². The highest BCUT2D eigenvalue weighted by molar-refractivity contribution is 5.92. The molecule has 14 heavy (non-hydrogen) atoms. The fourth-order valence-electron chi connectivity index (χ4n) is 0.932. The molecule has 0 aliphatic heterocycles. The summed E-state index contributed by atoms with van der Waals surface area (Å²) < 4.78 is 0. The number of allylic oxidation sites excluding steroid dienone is 4. The zero-order valence-corrected chi connectivity index (χ0v) is 9.40. The third kappa shape index (κ3) is 6.23. The molecule has 0 rings (SSSR count). The fraction of sp³-hybridized carbons (Fsp3) is 0.417. The molecule has 2 nitrogen and oxygen atoms in total. The number of aliphatic imine (C=N–C) groups is 1. The first-order valence-electron chi connectivity index (χ1n) is 4.88. The molecule has 0 aliphatic carbocycles. The maximum absolute atomic E-state index is 4.35. The lowest BCUT2D eigenvalue weighted by Gasteiger charge is -2.11. The predicted molar refractivity (Wildman–Crippen MR) is 64.8 cm³/mol. The van der Waals surface area contributed by atoms with Gasteiger partial charge in [-0.3, -0.25) is 4.99 Å². The van der Waals surface area contributed by atoms with Crippen LogP contribution in [0.25, 0.3) is 0 Å². The van der Waals surface area contributed by atoms with Crippen LogP contribution in [-0.4, -0.2) is 31.4 Å². The molecular weight excluding hydrogens is 172 g/mol. The first-order valence-corrected chi connectivity index (χ1v) is 4.88. The van der Waals surface area contributed by atoms with E-state index in [1.165, 1.54) is 0 Å². The Morgan fingerprint density at radius 1 is 1.36 bits per heavy atom. The summed E-state index contributed by atoms with van der Waals surface area (Å²) in [7, 11) is 4.00. The molecule has 0 aliphatic rings. The highest BCUT2D eigenvalue weighted by Crippen LogP contribution is 1.91. The van der Waals surface area contributed by atoms with Crippen LogP contribution in [0.5, 0.6) is 0 Å². The summed E-state index contributed by atoms with van der Waals surface area (Å²) in [6.45, 7) is 6.46. The molecule has 2 heteroatoms. The van der Waals surface area contributed by atoms with Crippen molar-refractivity contribution < 1.29 is 0 Å². The number of likely N-dealkylation sites (N-methyl/N-ethyl adjacent to an activating group) is 1. The van der Waals surface area contributed by atoms with Crippen LogP contribution >= 0.6 is 0 Å². The third-order valence-corrected chi connectivity index (χ3v) is 1.59. The second-order valence-corrected chi connectivity index (χ2v) is 3.03. The number of hydrogen-bond donors (Lipinski definition) is 0. The van der Waals surface area contributed by atoms with Gasteiger partial charge >= 0.3 is 0 Å². The number of hydrogen-bond acceptors (Lipinski definition) is 1. The first-order chi connectivity index (χ1) is 6.72. The van der Waals surface area contributed by atoms with Crippen molar-refractivity contribution >= 4 is 5.84 Å². The van der Waals surface area contributed by atoms with Crippen molar-refractivity contribution in [2.24, 2.45) is 4.99 Å². The van der Waals surface area contributed by atoms with Gasteiger partial charge in [-0.1, -0.05) is 30.9 Å². The summed E-state index contributed by atoms with van der Waals surface area (Å²) in [5.74, 6) is 1.01. The summed E-state index contributed by atoms with van der Waals surface area (Å²) in [5.41, 5.74) is 0. The van der Waals surface area contributed by atoms with E-state index in [2.05, 4.69) is 23.7 Å². The maximum Gasteiger partial charge on any atom is 0.122 e. The zero-order chi connectivity index (χ0) is 10.8. The summed E-state index contributed by atoms with van der Waals surface area (Å²) in [5, 5.41) is 0. The van der Waals surface area contributed by atoms with Crippen molar-refractivity contribution in [1.82, 2.24) is 4.90 Å². The standard InChI is InChI=1S/C12H20N2/c1-5-7-8-9-10-11-12(13-6-2)14(3)4/h5,7-8,10-11H,1,6,9H2,2-4H3/b8-7+,11-10-,13-12?. The van der Waals surface area contributed by atoms with Gasteiger partial charge in [0.1, 0.15) is 5.84 Å². The molecule has 0 heterocycles. The van der Waals surface area contributed by atoms with Gasteiger partial charge < -0.3 is 4.90 Å². The van der Waals surface area contributed by atoms with E-state index in [0.29, 0.717) is 0 Å². The molecule has 0 radical (unpaired) electrons. The smallest absolute Gasteiger partial charge is 0.122 e. The highest BCUT2D eigenvalue weighted by atomic mass is 15.1. The minimum Gasteiger partial charge on any atom is -0.363 e. The Morgan fingerprint density at radius 3 is 2.57 bits per heavy atom. The maximum atomic E-state index is 4.35. The lowest BCUT2D eigenvalue weighted by Crippen LogP contribution is -2.19. The molecule has 0 atom stereocenters. The van der Waals surface area contributed by atoms with Crippen molar-refractivity contribution in [3.63, 3.8) is 0 Å². The molecular formula is C12H20N2. The van der Waals surface area contributed by atoms with Gasteiger partial charge in [-0.15, -0.1) is 0 Å². The summed E-state index contributed by atoms with van der Waals surface area (Å²) >= 11 is 0. The van der Waals surface area contributed by atoms with E-state index in [1.807, 2.05) is 38.1 Å².